The molecule has 0 saturated carbocycles. The maximum Gasteiger partial charge on any atom is 0.234 e. The van der Waals surface area contributed by atoms with Gasteiger partial charge in [-0.05, 0) is 44.5 Å². The van der Waals surface area contributed by atoms with Gasteiger partial charge in [-0.1, -0.05) is 6.07 Å². The highest BCUT2D eigenvalue weighted by atomic mass is 19.1. The summed E-state index contributed by atoms with van der Waals surface area (Å²) in [5.74, 6) is 0.488. The van der Waals surface area contributed by atoms with Gasteiger partial charge in [-0.25, -0.2) is 14.4 Å². The molecule has 0 spiro atoms. The lowest BCUT2D eigenvalue weighted by atomic mass is 10.2. The van der Waals surface area contributed by atoms with Gasteiger partial charge in [-0.15, -0.1) is 0 Å². The maximum atomic E-state index is 13.5. The van der Waals surface area contributed by atoms with Crippen molar-refractivity contribution >= 4 is 11.5 Å². The number of benzene rings is 1. The van der Waals surface area contributed by atoms with E-state index in [1.54, 1.807) is 13.0 Å². The molecule has 3 rings (SSSR count). The van der Waals surface area contributed by atoms with Crippen LogP contribution < -0.4 is 5.32 Å². The van der Waals surface area contributed by atoms with Gasteiger partial charge in [-0.2, -0.15) is 0 Å². The fraction of sp³-hybridized carbons (Fsp3) is 0.250. The average Bonchev–Trinajstić information content (AvgIpc) is 2.83. The van der Waals surface area contributed by atoms with Crippen LogP contribution in [0.15, 0.2) is 30.5 Å². The van der Waals surface area contributed by atoms with Gasteiger partial charge in [0.15, 0.2) is 0 Å². The quantitative estimate of drug-likeness (QED) is 0.801. The zero-order valence-corrected chi connectivity index (χ0v) is 12.3. The van der Waals surface area contributed by atoms with Crippen molar-refractivity contribution in [1.82, 2.24) is 14.4 Å². The predicted molar refractivity (Wildman–Crippen MR) is 80.9 cm³/mol. The number of aromatic nitrogens is 3. The van der Waals surface area contributed by atoms with Crippen molar-refractivity contribution in [3.63, 3.8) is 0 Å². The van der Waals surface area contributed by atoms with Crippen molar-refractivity contribution in [2.45, 2.75) is 27.3 Å². The number of hydrogen-bond acceptors (Lipinski definition) is 3. The minimum Gasteiger partial charge on any atom is -0.379 e. The first-order chi connectivity index (χ1) is 10.0. The number of nitrogens with one attached hydrogen (secondary N) is 1. The Labute approximate surface area is 122 Å². The second-order valence-electron chi connectivity index (χ2n) is 5.26. The number of fused-ring (bicyclic) bond motifs is 1. The van der Waals surface area contributed by atoms with E-state index >= 15 is 0 Å². The number of rotatable bonds is 3. The molecule has 21 heavy (non-hydrogen) atoms. The summed E-state index contributed by atoms with van der Waals surface area (Å²) in [7, 11) is 0. The third-order valence-electron chi connectivity index (χ3n) is 3.46. The van der Waals surface area contributed by atoms with E-state index in [0.717, 1.165) is 22.8 Å². The molecule has 1 aromatic carbocycles. The Bertz CT molecular complexity index is 807. The van der Waals surface area contributed by atoms with Gasteiger partial charge in [0, 0.05) is 23.3 Å². The van der Waals surface area contributed by atoms with E-state index in [1.165, 1.54) is 6.07 Å². The lowest BCUT2D eigenvalue weighted by molar-refractivity contribution is 0.619. The Balaban J connectivity index is 1.82. The zero-order valence-electron chi connectivity index (χ0n) is 12.3. The van der Waals surface area contributed by atoms with Crippen molar-refractivity contribution in [2.75, 3.05) is 5.32 Å². The lowest BCUT2D eigenvalue weighted by Crippen LogP contribution is -2.00. The number of anilines is 1. The van der Waals surface area contributed by atoms with E-state index < -0.39 is 0 Å². The predicted octanol–water partition coefficient (Wildman–Crippen LogP) is 3.41. The van der Waals surface area contributed by atoms with Crippen molar-refractivity contribution in [1.29, 1.82) is 0 Å². The third-order valence-corrected chi connectivity index (χ3v) is 3.46. The topological polar surface area (TPSA) is 42.2 Å². The Morgan fingerprint density at radius 2 is 1.95 bits per heavy atom. The molecule has 2 aromatic heterocycles. The fourth-order valence-corrected chi connectivity index (χ4v) is 2.30. The van der Waals surface area contributed by atoms with E-state index in [9.17, 15) is 4.39 Å². The Kier molecular flexibility index (Phi) is 3.33. The third kappa shape index (κ3) is 2.72. The van der Waals surface area contributed by atoms with Crippen LogP contribution in [0.2, 0.25) is 0 Å². The number of nitrogens with zero attached hydrogens (tertiary/aromatic N) is 3. The average molecular weight is 284 g/mol. The summed E-state index contributed by atoms with van der Waals surface area (Å²) in [6, 6.07) is 7.14. The molecule has 0 fully saturated rings. The summed E-state index contributed by atoms with van der Waals surface area (Å²) in [5.41, 5.74) is 4.31. The number of imidazole rings is 1. The summed E-state index contributed by atoms with van der Waals surface area (Å²) in [6.45, 7) is 6.26. The summed E-state index contributed by atoms with van der Waals surface area (Å²) in [4.78, 5) is 8.89. The van der Waals surface area contributed by atoms with Gasteiger partial charge in [-0.3, -0.25) is 4.40 Å². The van der Waals surface area contributed by atoms with Crippen LogP contribution in [0, 0.1) is 26.6 Å². The van der Waals surface area contributed by atoms with E-state index in [0.29, 0.717) is 17.9 Å². The molecule has 0 saturated heterocycles. The Hall–Kier alpha value is -2.43. The molecule has 0 atom stereocenters. The van der Waals surface area contributed by atoms with Crippen LogP contribution in [0.4, 0.5) is 10.1 Å². The molecule has 3 aromatic rings. The number of hydrogen-bond donors (Lipinski definition) is 1. The monoisotopic (exact) mass is 284 g/mol. The highest BCUT2D eigenvalue weighted by Crippen LogP contribution is 2.15. The van der Waals surface area contributed by atoms with Crippen molar-refractivity contribution in [3.8, 4) is 0 Å². The van der Waals surface area contributed by atoms with Crippen LogP contribution in [-0.4, -0.2) is 14.4 Å². The highest BCUT2D eigenvalue weighted by molar-refractivity contribution is 5.46. The van der Waals surface area contributed by atoms with Crippen LogP contribution >= 0.6 is 0 Å². The SMILES string of the molecule is Cc1cc(C)n2cc(CNc3ccc(C)c(F)c3)nc2n1. The van der Waals surface area contributed by atoms with Crippen molar-refractivity contribution < 1.29 is 4.39 Å². The largest absolute Gasteiger partial charge is 0.379 e. The first-order valence-corrected chi connectivity index (χ1v) is 6.85. The molecule has 1 N–H and O–H groups in total. The van der Waals surface area contributed by atoms with Gasteiger partial charge < -0.3 is 5.32 Å². The minimum absolute atomic E-state index is 0.205. The van der Waals surface area contributed by atoms with E-state index in [1.807, 2.05) is 36.6 Å². The molecule has 0 bridgehead atoms. The maximum absolute atomic E-state index is 13.5. The normalized spacial score (nSPS) is 11.0. The van der Waals surface area contributed by atoms with Crippen LogP contribution in [0.5, 0.6) is 0 Å². The molecule has 108 valence electrons. The standard InChI is InChI=1S/C16H17FN4/c1-10-4-5-13(7-15(10)17)18-8-14-9-21-12(3)6-11(2)19-16(21)20-14/h4-7,9,18H,8H2,1-3H3. The van der Waals surface area contributed by atoms with Gasteiger partial charge in [0.2, 0.25) is 5.78 Å². The highest BCUT2D eigenvalue weighted by Gasteiger charge is 2.06. The van der Waals surface area contributed by atoms with Crippen LogP contribution in [0.1, 0.15) is 22.6 Å². The van der Waals surface area contributed by atoms with Gasteiger partial charge in [0.1, 0.15) is 5.82 Å². The molecule has 0 aliphatic rings. The second-order valence-corrected chi connectivity index (χ2v) is 5.26. The van der Waals surface area contributed by atoms with Crippen LogP contribution in [0.3, 0.4) is 0 Å². The molecular weight excluding hydrogens is 267 g/mol. The molecule has 2 heterocycles. The van der Waals surface area contributed by atoms with Crippen LogP contribution in [0.25, 0.3) is 5.78 Å². The molecular formula is C16H17FN4. The minimum atomic E-state index is -0.205. The van der Waals surface area contributed by atoms with Gasteiger partial charge in [0.05, 0.1) is 12.2 Å². The summed E-state index contributed by atoms with van der Waals surface area (Å²) in [5, 5.41) is 3.18. The summed E-state index contributed by atoms with van der Waals surface area (Å²) < 4.78 is 15.5. The van der Waals surface area contributed by atoms with Crippen molar-refractivity contribution in [2.24, 2.45) is 0 Å². The van der Waals surface area contributed by atoms with Crippen molar-refractivity contribution in [3.05, 3.63) is 58.9 Å². The first kappa shape index (κ1) is 13.5. The molecule has 4 nitrogen and oxygen atoms in total. The number of aryl methyl sites for hydroxylation is 3. The second kappa shape index (κ2) is 5.16. The fourth-order valence-electron chi connectivity index (χ4n) is 2.30. The molecule has 0 aliphatic carbocycles. The molecule has 0 aliphatic heterocycles. The van der Waals surface area contributed by atoms with E-state index in [-0.39, 0.29) is 5.82 Å². The molecule has 0 amide bonds. The van der Waals surface area contributed by atoms with E-state index in [4.69, 9.17) is 0 Å². The summed E-state index contributed by atoms with van der Waals surface area (Å²) >= 11 is 0. The smallest absolute Gasteiger partial charge is 0.234 e. The number of halogens is 1. The van der Waals surface area contributed by atoms with Gasteiger partial charge >= 0.3 is 0 Å². The molecule has 5 heteroatoms. The summed E-state index contributed by atoms with van der Waals surface area (Å²) in [6.07, 6.45) is 1.95. The Morgan fingerprint density at radius 1 is 1.14 bits per heavy atom. The lowest BCUT2D eigenvalue weighted by Gasteiger charge is -2.05. The first-order valence-electron chi connectivity index (χ1n) is 6.85. The van der Waals surface area contributed by atoms with Gasteiger partial charge in [0.25, 0.3) is 0 Å². The zero-order chi connectivity index (χ0) is 15.0. The molecule has 0 radical (unpaired) electrons. The van der Waals surface area contributed by atoms with E-state index in [2.05, 4.69) is 15.3 Å². The van der Waals surface area contributed by atoms with Crippen LogP contribution in [-0.2, 0) is 6.54 Å². The molecule has 0 unspecified atom stereocenters. The Morgan fingerprint density at radius 3 is 2.71 bits per heavy atom.